The number of anilines is 1. The molecule has 0 saturated heterocycles. The largest absolute Gasteiger partial charge is 0.494 e. The second-order valence-corrected chi connectivity index (χ2v) is 7.21. The van der Waals surface area contributed by atoms with Crippen LogP contribution in [0.5, 0.6) is 11.5 Å². The quantitative estimate of drug-likeness (QED) is 0.442. The average Bonchev–Trinajstić information content (AvgIpc) is 3.12. The molecule has 6 nitrogen and oxygen atoms in total. The molecule has 1 heterocycles. The molecular weight excluding hydrogens is 390 g/mol. The molecule has 0 aliphatic rings. The zero-order valence-electron chi connectivity index (χ0n) is 17.7. The van der Waals surface area contributed by atoms with Crippen molar-refractivity contribution in [1.82, 2.24) is 9.55 Å². The molecule has 4 rings (SSSR count). The van der Waals surface area contributed by atoms with Gasteiger partial charge in [0, 0.05) is 5.69 Å². The maximum absolute atomic E-state index is 12.8. The summed E-state index contributed by atoms with van der Waals surface area (Å²) in [5.41, 5.74) is 3.62. The number of hydrogen-bond donors (Lipinski definition) is 1. The molecule has 0 aliphatic carbocycles. The summed E-state index contributed by atoms with van der Waals surface area (Å²) >= 11 is 0. The van der Waals surface area contributed by atoms with E-state index in [1.165, 1.54) is 5.56 Å². The molecule has 0 saturated carbocycles. The van der Waals surface area contributed by atoms with E-state index in [-0.39, 0.29) is 19.1 Å². The maximum atomic E-state index is 12.8. The fraction of sp³-hybridized carbons (Fsp3) is 0.200. The molecule has 0 aliphatic heterocycles. The number of hydrogen-bond acceptors (Lipinski definition) is 4. The second kappa shape index (κ2) is 9.34. The molecule has 31 heavy (non-hydrogen) atoms. The predicted molar refractivity (Wildman–Crippen MR) is 121 cm³/mol. The van der Waals surface area contributed by atoms with Crippen molar-refractivity contribution in [2.45, 2.75) is 27.0 Å². The third kappa shape index (κ3) is 5.04. The van der Waals surface area contributed by atoms with Gasteiger partial charge in [-0.2, -0.15) is 0 Å². The van der Waals surface area contributed by atoms with Crippen LogP contribution in [0.1, 0.15) is 18.3 Å². The van der Waals surface area contributed by atoms with Crippen LogP contribution in [0.4, 0.5) is 5.69 Å². The molecule has 0 spiro atoms. The Hall–Kier alpha value is -3.80. The van der Waals surface area contributed by atoms with E-state index in [1.807, 2.05) is 91.2 Å². The third-order valence-corrected chi connectivity index (χ3v) is 4.87. The number of ether oxygens (including phenoxy) is 2. The van der Waals surface area contributed by atoms with Gasteiger partial charge in [0.2, 0.25) is 5.91 Å². The minimum atomic E-state index is -0.135. The lowest BCUT2D eigenvalue weighted by Gasteiger charge is -2.12. The van der Waals surface area contributed by atoms with E-state index >= 15 is 0 Å². The molecule has 1 amide bonds. The van der Waals surface area contributed by atoms with Crippen LogP contribution in [-0.4, -0.2) is 22.1 Å². The Labute approximate surface area is 181 Å². The van der Waals surface area contributed by atoms with Crippen molar-refractivity contribution in [3.63, 3.8) is 0 Å². The standard InChI is InChI=1S/C25H25N3O3/c1-3-30-20-14-10-19(11-15-20)26-25(29)16-28-23-7-5-4-6-22(23)27-24(28)17-31-21-12-8-18(2)9-13-21/h4-15H,3,16-17H2,1-2H3,(H,26,29). The predicted octanol–water partition coefficient (Wildman–Crippen LogP) is 4.96. The van der Waals surface area contributed by atoms with Crippen LogP contribution in [0.3, 0.4) is 0 Å². The number of carbonyl (C=O) groups is 1. The van der Waals surface area contributed by atoms with Gasteiger partial charge in [0.1, 0.15) is 30.5 Å². The van der Waals surface area contributed by atoms with Crippen molar-refractivity contribution >= 4 is 22.6 Å². The van der Waals surface area contributed by atoms with Gasteiger partial charge in [0.25, 0.3) is 0 Å². The van der Waals surface area contributed by atoms with E-state index in [4.69, 9.17) is 9.47 Å². The molecule has 4 aromatic rings. The van der Waals surface area contributed by atoms with Crippen LogP contribution in [0.15, 0.2) is 72.8 Å². The Morgan fingerprint density at radius 3 is 2.35 bits per heavy atom. The number of amides is 1. The number of para-hydroxylation sites is 2. The summed E-state index contributed by atoms with van der Waals surface area (Å²) in [6.45, 7) is 4.98. The molecular formula is C25H25N3O3. The van der Waals surface area contributed by atoms with E-state index in [1.54, 1.807) is 0 Å². The first-order valence-corrected chi connectivity index (χ1v) is 10.3. The highest BCUT2D eigenvalue weighted by Crippen LogP contribution is 2.20. The fourth-order valence-corrected chi connectivity index (χ4v) is 3.34. The Balaban J connectivity index is 1.50. The fourth-order valence-electron chi connectivity index (χ4n) is 3.34. The molecule has 0 unspecified atom stereocenters. The number of nitrogens with zero attached hydrogens (tertiary/aromatic N) is 2. The van der Waals surface area contributed by atoms with Gasteiger partial charge in [-0.1, -0.05) is 29.8 Å². The van der Waals surface area contributed by atoms with Crippen LogP contribution in [0.25, 0.3) is 11.0 Å². The van der Waals surface area contributed by atoms with E-state index in [9.17, 15) is 4.79 Å². The number of rotatable bonds is 8. The summed E-state index contributed by atoms with van der Waals surface area (Å²) in [6.07, 6.45) is 0. The van der Waals surface area contributed by atoms with Crippen LogP contribution in [-0.2, 0) is 17.9 Å². The van der Waals surface area contributed by atoms with Gasteiger partial charge in [-0.25, -0.2) is 4.98 Å². The van der Waals surface area contributed by atoms with Crippen molar-refractivity contribution < 1.29 is 14.3 Å². The van der Waals surface area contributed by atoms with Gasteiger partial charge in [-0.05, 0) is 62.4 Å². The zero-order chi connectivity index (χ0) is 21.6. The van der Waals surface area contributed by atoms with E-state index in [0.717, 1.165) is 28.2 Å². The molecule has 1 N–H and O–H groups in total. The topological polar surface area (TPSA) is 65.4 Å². The van der Waals surface area contributed by atoms with E-state index < -0.39 is 0 Å². The van der Waals surface area contributed by atoms with E-state index in [2.05, 4.69) is 10.3 Å². The summed E-state index contributed by atoms with van der Waals surface area (Å²) in [5.74, 6) is 2.10. The monoisotopic (exact) mass is 415 g/mol. The molecule has 0 atom stereocenters. The van der Waals surface area contributed by atoms with Crippen molar-refractivity contribution in [2.24, 2.45) is 0 Å². The summed E-state index contributed by atoms with van der Waals surface area (Å²) in [4.78, 5) is 17.4. The minimum Gasteiger partial charge on any atom is -0.494 e. The minimum absolute atomic E-state index is 0.135. The Bertz CT molecular complexity index is 1170. The van der Waals surface area contributed by atoms with Gasteiger partial charge in [0.05, 0.1) is 17.6 Å². The Morgan fingerprint density at radius 2 is 1.61 bits per heavy atom. The van der Waals surface area contributed by atoms with Crippen LogP contribution >= 0.6 is 0 Å². The molecule has 3 aromatic carbocycles. The van der Waals surface area contributed by atoms with Gasteiger partial charge >= 0.3 is 0 Å². The molecule has 6 heteroatoms. The molecule has 0 fully saturated rings. The lowest BCUT2D eigenvalue weighted by Crippen LogP contribution is -2.20. The first-order valence-electron chi connectivity index (χ1n) is 10.3. The number of nitrogens with one attached hydrogen (secondary N) is 1. The van der Waals surface area contributed by atoms with Crippen molar-refractivity contribution in [3.05, 3.63) is 84.2 Å². The lowest BCUT2D eigenvalue weighted by atomic mass is 10.2. The number of imidazole rings is 1. The number of carbonyl (C=O) groups excluding carboxylic acids is 1. The van der Waals surface area contributed by atoms with Crippen LogP contribution in [0, 0.1) is 6.92 Å². The SMILES string of the molecule is CCOc1ccc(NC(=O)Cn2c(COc3ccc(C)cc3)nc3ccccc32)cc1. The van der Waals surface area contributed by atoms with E-state index in [0.29, 0.717) is 12.4 Å². The number of benzene rings is 3. The molecule has 1 aromatic heterocycles. The lowest BCUT2D eigenvalue weighted by molar-refractivity contribution is -0.116. The van der Waals surface area contributed by atoms with Gasteiger partial charge < -0.3 is 19.4 Å². The second-order valence-electron chi connectivity index (χ2n) is 7.21. The summed E-state index contributed by atoms with van der Waals surface area (Å²) < 4.78 is 13.3. The normalized spacial score (nSPS) is 10.8. The zero-order valence-corrected chi connectivity index (χ0v) is 17.7. The van der Waals surface area contributed by atoms with Crippen molar-refractivity contribution in [2.75, 3.05) is 11.9 Å². The summed E-state index contributed by atoms with van der Waals surface area (Å²) in [7, 11) is 0. The Kier molecular flexibility index (Phi) is 6.17. The summed E-state index contributed by atoms with van der Waals surface area (Å²) in [5, 5.41) is 2.94. The smallest absolute Gasteiger partial charge is 0.244 e. The average molecular weight is 415 g/mol. The van der Waals surface area contributed by atoms with Gasteiger partial charge in [-0.3, -0.25) is 4.79 Å². The van der Waals surface area contributed by atoms with Crippen LogP contribution in [0.2, 0.25) is 0 Å². The molecule has 158 valence electrons. The van der Waals surface area contributed by atoms with Crippen molar-refractivity contribution in [1.29, 1.82) is 0 Å². The van der Waals surface area contributed by atoms with Crippen molar-refractivity contribution in [3.8, 4) is 11.5 Å². The molecule has 0 bridgehead atoms. The highest BCUT2D eigenvalue weighted by Gasteiger charge is 2.14. The van der Waals surface area contributed by atoms with Gasteiger partial charge in [0.15, 0.2) is 0 Å². The Morgan fingerprint density at radius 1 is 0.935 bits per heavy atom. The van der Waals surface area contributed by atoms with Gasteiger partial charge in [-0.15, -0.1) is 0 Å². The number of aryl methyl sites for hydroxylation is 1. The third-order valence-electron chi connectivity index (χ3n) is 4.87. The highest BCUT2D eigenvalue weighted by molar-refractivity contribution is 5.91. The number of fused-ring (bicyclic) bond motifs is 1. The first-order chi connectivity index (χ1) is 15.1. The van der Waals surface area contributed by atoms with Crippen LogP contribution < -0.4 is 14.8 Å². The highest BCUT2D eigenvalue weighted by atomic mass is 16.5. The summed E-state index contributed by atoms with van der Waals surface area (Å²) in [6, 6.07) is 23.0. The maximum Gasteiger partial charge on any atom is 0.244 e. The molecule has 0 radical (unpaired) electrons. The number of aromatic nitrogens is 2. The first kappa shape index (κ1) is 20.5.